The van der Waals surface area contributed by atoms with E-state index in [1.165, 1.54) is 23.3 Å². The molecule has 0 spiro atoms. The summed E-state index contributed by atoms with van der Waals surface area (Å²) in [7, 11) is 1.98. The first-order valence-corrected chi connectivity index (χ1v) is 10.6. The normalized spacial score (nSPS) is 18.7. The van der Waals surface area contributed by atoms with E-state index in [0.717, 1.165) is 36.5 Å². The Hall–Kier alpha value is -3.25. The van der Waals surface area contributed by atoms with E-state index in [4.69, 9.17) is 5.10 Å². The lowest BCUT2D eigenvalue weighted by atomic mass is 10.00. The smallest absolute Gasteiger partial charge is 0.257 e. The van der Waals surface area contributed by atoms with Crippen LogP contribution >= 0.6 is 0 Å². The maximum Gasteiger partial charge on any atom is 0.257 e. The van der Waals surface area contributed by atoms with Crippen molar-refractivity contribution in [2.24, 2.45) is 12.1 Å². The van der Waals surface area contributed by atoms with Gasteiger partial charge in [0, 0.05) is 38.4 Å². The topological polar surface area (TPSA) is 40.8 Å². The van der Waals surface area contributed by atoms with Gasteiger partial charge < -0.3 is 4.57 Å². The molecule has 2 aliphatic heterocycles. The van der Waals surface area contributed by atoms with E-state index in [0.29, 0.717) is 13.0 Å². The number of carbonyl (C=O) groups is 1. The van der Waals surface area contributed by atoms with Gasteiger partial charge in [-0.15, -0.1) is 0 Å². The van der Waals surface area contributed by atoms with Crippen molar-refractivity contribution in [1.82, 2.24) is 14.5 Å². The number of aryl methyl sites for hydroxylation is 1. The second kappa shape index (κ2) is 8.12. The Kier molecular flexibility index (Phi) is 5.16. The summed E-state index contributed by atoms with van der Waals surface area (Å²) in [6.07, 6.45) is 3.54. The monoisotopic (exact) mass is 416 g/mol. The van der Waals surface area contributed by atoms with Crippen LogP contribution in [0.15, 0.2) is 72.0 Å². The van der Waals surface area contributed by atoms with Crippen LogP contribution in [0.1, 0.15) is 34.8 Å². The Morgan fingerprint density at radius 3 is 2.58 bits per heavy atom. The number of hydrogen-bond donors (Lipinski definition) is 0. The third-order valence-electron chi connectivity index (χ3n) is 6.24. The maximum absolute atomic E-state index is 13.4. The molecule has 3 heterocycles. The summed E-state index contributed by atoms with van der Waals surface area (Å²) >= 11 is 0. The number of amides is 1. The van der Waals surface area contributed by atoms with Crippen molar-refractivity contribution < 1.29 is 9.18 Å². The predicted molar refractivity (Wildman–Crippen MR) is 118 cm³/mol. The molecule has 0 aliphatic carbocycles. The van der Waals surface area contributed by atoms with E-state index in [1.807, 2.05) is 29.9 Å². The number of carbonyl (C=O) groups excluding carboxylic acids is 1. The van der Waals surface area contributed by atoms with Crippen LogP contribution in [0.4, 0.5) is 4.39 Å². The molecule has 0 saturated heterocycles. The van der Waals surface area contributed by atoms with E-state index in [9.17, 15) is 9.18 Å². The quantitative estimate of drug-likeness (QED) is 0.647. The van der Waals surface area contributed by atoms with Crippen molar-refractivity contribution >= 4 is 11.6 Å². The molecule has 3 aromatic rings. The predicted octanol–water partition coefficient (Wildman–Crippen LogP) is 3.90. The molecule has 0 fully saturated rings. The van der Waals surface area contributed by atoms with Crippen molar-refractivity contribution in [1.29, 1.82) is 0 Å². The fraction of sp³-hybridized carbons (Fsp3) is 0.280. The summed E-state index contributed by atoms with van der Waals surface area (Å²) in [4.78, 5) is 15.6. The number of fused-ring (bicyclic) bond motifs is 1. The van der Waals surface area contributed by atoms with Crippen LogP contribution in [-0.4, -0.2) is 39.2 Å². The zero-order valence-corrected chi connectivity index (χ0v) is 17.5. The van der Waals surface area contributed by atoms with Gasteiger partial charge >= 0.3 is 0 Å². The Balaban J connectivity index is 1.39. The van der Waals surface area contributed by atoms with Crippen molar-refractivity contribution in [3.05, 3.63) is 95.1 Å². The first kappa shape index (κ1) is 19.7. The summed E-state index contributed by atoms with van der Waals surface area (Å²) in [5, 5.41) is 6.35. The lowest BCUT2D eigenvalue weighted by Crippen LogP contribution is -2.40. The second-order valence-corrected chi connectivity index (χ2v) is 8.29. The molecule has 0 saturated carbocycles. The SMILES string of the molecule is Cn1cccc1C1CC(c2ccc(F)cc2)=NN1C(=O)CN1CCc2ccccc2C1. The van der Waals surface area contributed by atoms with Gasteiger partial charge in [0.2, 0.25) is 0 Å². The first-order chi connectivity index (χ1) is 15.1. The number of hydrazone groups is 1. The van der Waals surface area contributed by atoms with Crippen LogP contribution in [-0.2, 0) is 24.8 Å². The molecule has 0 radical (unpaired) electrons. The van der Waals surface area contributed by atoms with Crippen LogP contribution in [0.3, 0.4) is 0 Å². The first-order valence-electron chi connectivity index (χ1n) is 10.6. The maximum atomic E-state index is 13.4. The Morgan fingerprint density at radius 2 is 1.84 bits per heavy atom. The number of hydrogen-bond acceptors (Lipinski definition) is 3. The van der Waals surface area contributed by atoms with Crippen LogP contribution in [0.5, 0.6) is 0 Å². The zero-order chi connectivity index (χ0) is 21.4. The summed E-state index contributed by atoms with van der Waals surface area (Å²) < 4.78 is 15.4. The van der Waals surface area contributed by atoms with Gasteiger partial charge in [0.05, 0.1) is 12.3 Å². The largest absolute Gasteiger partial charge is 0.353 e. The fourth-order valence-corrected chi connectivity index (χ4v) is 4.56. The molecular weight excluding hydrogens is 391 g/mol. The highest BCUT2D eigenvalue weighted by molar-refractivity contribution is 6.03. The minimum absolute atomic E-state index is 0.0114. The van der Waals surface area contributed by atoms with E-state index >= 15 is 0 Å². The second-order valence-electron chi connectivity index (χ2n) is 8.29. The molecule has 31 heavy (non-hydrogen) atoms. The molecule has 1 amide bonds. The van der Waals surface area contributed by atoms with Crippen molar-refractivity contribution in [2.45, 2.75) is 25.4 Å². The van der Waals surface area contributed by atoms with Gasteiger partial charge in [-0.25, -0.2) is 9.40 Å². The summed E-state index contributed by atoms with van der Waals surface area (Å²) in [6.45, 7) is 1.97. The van der Waals surface area contributed by atoms with Gasteiger partial charge in [-0.3, -0.25) is 9.69 Å². The number of benzene rings is 2. The Morgan fingerprint density at radius 1 is 1.06 bits per heavy atom. The third kappa shape index (κ3) is 3.91. The number of halogens is 1. The molecule has 5 rings (SSSR count). The summed E-state index contributed by atoms with van der Waals surface area (Å²) in [5.74, 6) is -0.290. The molecule has 5 nitrogen and oxygen atoms in total. The Bertz CT molecular complexity index is 1130. The average Bonchev–Trinajstić information content (AvgIpc) is 3.40. The van der Waals surface area contributed by atoms with Crippen molar-refractivity contribution in [3.8, 4) is 0 Å². The third-order valence-corrected chi connectivity index (χ3v) is 6.24. The standard InChI is InChI=1S/C25H25FN4O/c1-28-13-4-7-23(28)24-15-22(19-8-10-21(26)11-9-19)27-30(24)25(31)17-29-14-12-18-5-2-3-6-20(18)16-29/h2-11,13,24H,12,14-17H2,1H3. The number of rotatable bonds is 4. The summed E-state index contributed by atoms with van der Waals surface area (Å²) in [5.41, 5.74) is 5.35. The van der Waals surface area contributed by atoms with E-state index in [1.54, 1.807) is 17.1 Å². The molecule has 6 heteroatoms. The van der Waals surface area contributed by atoms with Crippen LogP contribution in [0, 0.1) is 5.82 Å². The minimum Gasteiger partial charge on any atom is -0.353 e. The van der Waals surface area contributed by atoms with E-state index in [-0.39, 0.29) is 17.8 Å². The van der Waals surface area contributed by atoms with E-state index < -0.39 is 0 Å². The lowest BCUT2D eigenvalue weighted by molar-refractivity contribution is -0.134. The number of nitrogens with zero attached hydrogens (tertiary/aromatic N) is 4. The molecule has 0 N–H and O–H groups in total. The van der Waals surface area contributed by atoms with Gasteiger partial charge in [-0.1, -0.05) is 36.4 Å². The highest BCUT2D eigenvalue weighted by atomic mass is 19.1. The molecule has 1 atom stereocenters. The van der Waals surface area contributed by atoms with Crippen LogP contribution < -0.4 is 0 Å². The van der Waals surface area contributed by atoms with Gasteiger partial charge in [0.15, 0.2) is 0 Å². The average molecular weight is 417 g/mol. The zero-order valence-electron chi connectivity index (χ0n) is 17.5. The van der Waals surface area contributed by atoms with Crippen LogP contribution in [0.2, 0.25) is 0 Å². The van der Waals surface area contributed by atoms with Crippen molar-refractivity contribution in [3.63, 3.8) is 0 Å². The molecule has 1 unspecified atom stereocenters. The van der Waals surface area contributed by atoms with Gasteiger partial charge in [-0.2, -0.15) is 5.10 Å². The van der Waals surface area contributed by atoms with Crippen LogP contribution in [0.25, 0.3) is 0 Å². The molecule has 2 aliphatic rings. The Labute approximate surface area is 181 Å². The van der Waals surface area contributed by atoms with E-state index in [2.05, 4.69) is 29.2 Å². The molecule has 2 aromatic carbocycles. The molecule has 1 aromatic heterocycles. The van der Waals surface area contributed by atoms with Gasteiger partial charge in [0.25, 0.3) is 5.91 Å². The highest BCUT2D eigenvalue weighted by Gasteiger charge is 2.35. The minimum atomic E-state index is -0.278. The van der Waals surface area contributed by atoms with Gasteiger partial charge in [-0.05, 0) is 47.4 Å². The highest BCUT2D eigenvalue weighted by Crippen LogP contribution is 2.33. The molecule has 0 bridgehead atoms. The van der Waals surface area contributed by atoms with Gasteiger partial charge in [0.1, 0.15) is 11.9 Å². The fourth-order valence-electron chi connectivity index (χ4n) is 4.56. The number of aromatic nitrogens is 1. The molecular formula is C25H25FN4O. The van der Waals surface area contributed by atoms with Crippen molar-refractivity contribution in [2.75, 3.05) is 13.1 Å². The summed E-state index contributed by atoms with van der Waals surface area (Å²) in [6, 6.07) is 18.6. The molecule has 158 valence electrons. The lowest BCUT2D eigenvalue weighted by Gasteiger charge is -2.30.